The summed E-state index contributed by atoms with van der Waals surface area (Å²) in [6.45, 7) is 2.74. The van der Waals surface area contributed by atoms with Crippen LogP contribution in [-0.2, 0) is 0 Å². The molecule has 0 aliphatic carbocycles. The first kappa shape index (κ1) is 18.5. The number of methoxy groups -OCH3 is 1. The van der Waals surface area contributed by atoms with Crippen LogP contribution in [0.2, 0.25) is 0 Å². The van der Waals surface area contributed by atoms with Gasteiger partial charge in [0.25, 0.3) is 0 Å². The van der Waals surface area contributed by atoms with Gasteiger partial charge in [-0.15, -0.1) is 0 Å². The lowest BCUT2D eigenvalue weighted by Gasteiger charge is -2.27. The summed E-state index contributed by atoms with van der Waals surface area (Å²) in [6, 6.07) is 13.2. The molecule has 0 fully saturated rings. The number of benzene rings is 2. The van der Waals surface area contributed by atoms with Crippen molar-refractivity contribution in [2.24, 2.45) is 5.73 Å². The van der Waals surface area contributed by atoms with Gasteiger partial charge in [0.1, 0.15) is 17.4 Å². The van der Waals surface area contributed by atoms with Gasteiger partial charge in [0.05, 0.1) is 19.6 Å². The first-order valence-corrected chi connectivity index (χ1v) is 8.86. The third kappa shape index (κ3) is 3.63. The highest BCUT2D eigenvalue weighted by Crippen LogP contribution is 2.44. The van der Waals surface area contributed by atoms with Crippen LogP contribution in [0, 0.1) is 11.3 Å². The number of nitrogen functional groups attached to an aromatic ring is 1. The molecule has 1 atom stereocenters. The van der Waals surface area contributed by atoms with E-state index in [-0.39, 0.29) is 11.8 Å². The Morgan fingerprint density at radius 2 is 1.96 bits per heavy atom. The first-order valence-electron chi connectivity index (χ1n) is 8.86. The van der Waals surface area contributed by atoms with Gasteiger partial charge in [0, 0.05) is 17.3 Å². The highest BCUT2D eigenvalue weighted by Gasteiger charge is 2.31. The average molecular weight is 365 g/mol. The zero-order valence-electron chi connectivity index (χ0n) is 15.5. The Morgan fingerprint density at radius 3 is 2.67 bits per heavy atom. The van der Waals surface area contributed by atoms with Crippen LogP contribution in [0.4, 0.5) is 5.69 Å². The van der Waals surface area contributed by atoms with E-state index in [2.05, 4.69) is 13.0 Å². The standard InChI is InChI=1S/C21H23N3O3/c1-3-4-9-26-17-8-5-13(10-19(17)25-2)20-15-7-6-14(23)11-18(15)27-21(24)16(20)12-22/h5-8,10-11,20H,3-4,9,23-24H2,1-2H3/t20-/m0/s1. The Hall–Kier alpha value is -3.33. The van der Waals surface area contributed by atoms with Gasteiger partial charge in [0.2, 0.25) is 5.88 Å². The van der Waals surface area contributed by atoms with Gasteiger partial charge in [-0.3, -0.25) is 0 Å². The predicted molar refractivity (Wildman–Crippen MR) is 104 cm³/mol. The summed E-state index contributed by atoms with van der Waals surface area (Å²) in [7, 11) is 1.60. The summed E-state index contributed by atoms with van der Waals surface area (Å²) in [5, 5.41) is 9.65. The van der Waals surface area contributed by atoms with Crippen molar-refractivity contribution in [3.05, 3.63) is 59.0 Å². The van der Waals surface area contributed by atoms with Crippen LogP contribution in [0.15, 0.2) is 47.9 Å². The summed E-state index contributed by atoms with van der Waals surface area (Å²) >= 11 is 0. The zero-order chi connectivity index (χ0) is 19.4. The predicted octanol–water partition coefficient (Wildman–Crippen LogP) is 3.67. The van der Waals surface area contributed by atoms with E-state index in [0.717, 1.165) is 24.0 Å². The Morgan fingerprint density at radius 1 is 1.15 bits per heavy atom. The van der Waals surface area contributed by atoms with E-state index >= 15 is 0 Å². The quantitative estimate of drug-likeness (QED) is 0.598. The Balaban J connectivity index is 2.05. The van der Waals surface area contributed by atoms with E-state index in [1.165, 1.54) is 0 Å². The lowest BCUT2D eigenvalue weighted by Crippen LogP contribution is -2.21. The maximum absolute atomic E-state index is 9.65. The number of hydrogen-bond acceptors (Lipinski definition) is 6. The van der Waals surface area contributed by atoms with Crippen LogP contribution in [0.25, 0.3) is 0 Å². The van der Waals surface area contributed by atoms with Crippen LogP contribution in [-0.4, -0.2) is 13.7 Å². The minimum Gasteiger partial charge on any atom is -0.493 e. The fourth-order valence-corrected chi connectivity index (χ4v) is 3.12. The number of nitriles is 1. The van der Waals surface area contributed by atoms with Crippen molar-refractivity contribution in [2.45, 2.75) is 25.7 Å². The van der Waals surface area contributed by atoms with Crippen molar-refractivity contribution in [1.29, 1.82) is 5.26 Å². The molecule has 1 aliphatic rings. The SMILES string of the molecule is CCCCOc1ccc([C@@H]2C(C#N)=C(N)Oc3cc(N)ccc32)cc1OC. The van der Waals surface area contributed by atoms with Gasteiger partial charge in [-0.05, 0) is 30.2 Å². The molecule has 1 heterocycles. The van der Waals surface area contributed by atoms with Gasteiger partial charge in [-0.2, -0.15) is 5.26 Å². The smallest absolute Gasteiger partial charge is 0.205 e. The molecule has 0 aromatic heterocycles. The Bertz CT molecular complexity index is 915. The maximum Gasteiger partial charge on any atom is 0.205 e. The third-order valence-electron chi connectivity index (χ3n) is 4.52. The molecule has 0 saturated carbocycles. The summed E-state index contributed by atoms with van der Waals surface area (Å²) < 4.78 is 16.9. The van der Waals surface area contributed by atoms with Gasteiger partial charge in [0.15, 0.2) is 11.5 Å². The molecule has 2 aromatic rings. The largest absolute Gasteiger partial charge is 0.493 e. The zero-order valence-corrected chi connectivity index (χ0v) is 15.5. The molecule has 1 aliphatic heterocycles. The van der Waals surface area contributed by atoms with Crippen molar-refractivity contribution >= 4 is 5.69 Å². The summed E-state index contributed by atoms with van der Waals surface area (Å²) in [5.74, 6) is 1.57. The highest BCUT2D eigenvalue weighted by atomic mass is 16.5. The highest BCUT2D eigenvalue weighted by molar-refractivity contribution is 5.60. The number of rotatable bonds is 6. The van der Waals surface area contributed by atoms with Crippen molar-refractivity contribution in [1.82, 2.24) is 0 Å². The summed E-state index contributed by atoms with van der Waals surface area (Å²) in [5.41, 5.74) is 14.5. The number of anilines is 1. The third-order valence-corrected chi connectivity index (χ3v) is 4.52. The van der Waals surface area contributed by atoms with E-state index in [9.17, 15) is 5.26 Å². The molecule has 4 N–H and O–H groups in total. The normalized spacial score (nSPS) is 15.5. The van der Waals surface area contributed by atoms with E-state index in [4.69, 9.17) is 25.7 Å². The second-order valence-electron chi connectivity index (χ2n) is 6.33. The maximum atomic E-state index is 9.65. The molecule has 6 nitrogen and oxygen atoms in total. The van der Waals surface area contributed by atoms with E-state index in [0.29, 0.717) is 35.1 Å². The first-order chi connectivity index (χ1) is 13.1. The Labute approximate surface area is 158 Å². The second-order valence-corrected chi connectivity index (χ2v) is 6.33. The fourth-order valence-electron chi connectivity index (χ4n) is 3.12. The lowest BCUT2D eigenvalue weighted by molar-refractivity contribution is 0.288. The molecule has 0 spiro atoms. The molecular formula is C21H23N3O3. The van der Waals surface area contributed by atoms with Crippen LogP contribution in [0.3, 0.4) is 0 Å². The van der Waals surface area contributed by atoms with E-state index in [1.54, 1.807) is 19.2 Å². The number of nitrogens with zero attached hydrogens (tertiary/aromatic N) is 1. The van der Waals surface area contributed by atoms with E-state index in [1.807, 2.05) is 24.3 Å². The van der Waals surface area contributed by atoms with Crippen molar-refractivity contribution in [3.8, 4) is 23.3 Å². The number of unbranched alkanes of at least 4 members (excludes halogenated alkanes) is 1. The number of nitrogens with two attached hydrogens (primary N) is 2. The second kappa shape index (κ2) is 7.92. The monoisotopic (exact) mass is 365 g/mol. The number of ether oxygens (including phenoxy) is 3. The van der Waals surface area contributed by atoms with Crippen LogP contribution >= 0.6 is 0 Å². The molecule has 27 heavy (non-hydrogen) atoms. The molecule has 0 unspecified atom stereocenters. The number of fused-ring (bicyclic) bond motifs is 1. The molecule has 0 radical (unpaired) electrons. The summed E-state index contributed by atoms with van der Waals surface area (Å²) in [6.07, 6.45) is 2.02. The molecule has 0 saturated heterocycles. The van der Waals surface area contributed by atoms with Gasteiger partial charge in [-0.1, -0.05) is 25.5 Å². The van der Waals surface area contributed by atoms with Crippen molar-refractivity contribution in [2.75, 3.05) is 19.5 Å². The van der Waals surface area contributed by atoms with Gasteiger partial charge >= 0.3 is 0 Å². The number of hydrogen-bond donors (Lipinski definition) is 2. The van der Waals surface area contributed by atoms with Crippen molar-refractivity contribution in [3.63, 3.8) is 0 Å². The van der Waals surface area contributed by atoms with Crippen LogP contribution in [0.5, 0.6) is 17.2 Å². The minimum atomic E-state index is -0.363. The molecule has 6 heteroatoms. The van der Waals surface area contributed by atoms with Crippen LogP contribution in [0.1, 0.15) is 36.8 Å². The topological polar surface area (TPSA) is 104 Å². The number of allylic oxidation sites excluding steroid dienone is 1. The average Bonchev–Trinajstić information content (AvgIpc) is 2.67. The molecule has 0 amide bonds. The molecule has 0 bridgehead atoms. The summed E-state index contributed by atoms with van der Waals surface area (Å²) in [4.78, 5) is 0. The minimum absolute atomic E-state index is 0.0860. The Kier molecular flexibility index (Phi) is 5.41. The molecule has 140 valence electrons. The molecule has 3 rings (SSSR count). The van der Waals surface area contributed by atoms with Gasteiger partial charge < -0.3 is 25.7 Å². The van der Waals surface area contributed by atoms with Gasteiger partial charge in [-0.25, -0.2) is 0 Å². The molecular weight excluding hydrogens is 342 g/mol. The van der Waals surface area contributed by atoms with Crippen molar-refractivity contribution < 1.29 is 14.2 Å². The molecule has 2 aromatic carbocycles. The van der Waals surface area contributed by atoms with Crippen LogP contribution < -0.4 is 25.7 Å². The lowest BCUT2D eigenvalue weighted by atomic mass is 9.83. The fraction of sp³-hybridized carbons (Fsp3) is 0.286. The van der Waals surface area contributed by atoms with E-state index < -0.39 is 0 Å².